The summed E-state index contributed by atoms with van der Waals surface area (Å²) in [5.74, 6) is -0.714. The van der Waals surface area contributed by atoms with Crippen molar-refractivity contribution in [2.24, 2.45) is 23.7 Å². The standard InChI is InChI=1S/C14H22F2/c1-4-11-5-10(7-13(11)9(2)3)6-12-8-14(12,15)16/h6,9,11-13H,4-5,7-8H2,1-3H3/b10-6+. The summed E-state index contributed by atoms with van der Waals surface area (Å²) in [7, 11) is 0. The van der Waals surface area contributed by atoms with Crippen LogP contribution in [0.25, 0.3) is 0 Å². The van der Waals surface area contributed by atoms with E-state index in [9.17, 15) is 8.78 Å². The molecular formula is C14H22F2. The lowest BCUT2D eigenvalue weighted by Crippen LogP contribution is -2.12. The summed E-state index contributed by atoms with van der Waals surface area (Å²) in [6.07, 6.45) is 5.26. The van der Waals surface area contributed by atoms with E-state index in [1.807, 2.05) is 6.08 Å². The number of alkyl halides is 2. The van der Waals surface area contributed by atoms with Gasteiger partial charge in [0.25, 0.3) is 5.92 Å². The van der Waals surface area contributed by atoms with Gasteiger partial charge < -0.3 is 0 Å². The van der Waals surface area contributed by atoms with Crippen LogP contribution < -0.4 is 0 Å². The van der Waals surface area contributed by atoms with Crippen LogP contribution in [0.3, 0.4) is 0 Å². The van der Waals surface area contributed by atoms with Gasteiger partial charge in [0.2, 0.25) is 0 Å². The predicted molar refractivity (Wildman–Crippen MR) is 62.5 cm³/mol. The van der Waals surface area contributed by atoms with Gasteiger partial charge in [-0.25, -0.2) is 8.78 Å². The average molecular weight is 228 g/mol. The number of rotatable bonds is 3. The molecule has 0 aliphatic heterocycles. The van der Waals surface area contributed by atoms with Crippen molar-refractivity contribution >= 4 is 0 Å². The maximum absolute atomic E-state index is 12.8. The van der Waals surface area contributed by atoms with Crippen molar-refractivity contribution < 1.29 is 8.78 Å². The highest BCUT2D eigenvalue weighted by Crippen LogP contribution is 2.52. The molecule has 16 heavy (non-hydrogen) atoms. The minimum Gasteiger partial charge on any atom is -0.206 e. The molecular weight excluding hydrogens is 206 g/mol. The molecule has 0 aromatic carbocycles. The molecule has 0 spiro atoms. The Hall–Kier alpha value is -0.400. The molecule has 92 valence electrons. The topological polar surface area (TPSA) is 0 Å². The monoisotopic (exact) mass is 228 g/mol. The van der Waals surface area contributed by atoms with Crippen LogP contribution in [0, 0.1) is 23.7 Å². The molecule has 3 atom stereocenters. The first-order chi connectivity index (χ1) is 7.44. The van der Waals surface area contributed by atoms with E-state index in [-0.39, 0.29) is 6.42 Å². The Labute approximate surface area is 97.1 Å². The van der Waals surface area contributed by atoms with Gasteiger partial charge in [0, 0.05) is 12.3 Å². The molecule has 0 saturated heterocycles. The Balaban J connectivity index is 2.00. The average Bonchev–Trinajstić information content (AvgIpc) is 2.63. The van der Waals surface area contributed by atoms with Gasteiger partial charge in [-0.05, 0) is 30.6 Å². The number of allylic oxidation sites excluding steroid dienone is 2. The quantitative estimate of drug-likeness (QED) is 0.616. The highest BCUT2D eigenvalue weighted by Gasteiger charge is 2.55. The first-order valence-electron chi connectivity index (χ1n) is 6.51. The smallest absolute Gasteiger partial charge is 0.206 e. The number of hydrogen-bond acceptors (Lipinski definition) is 0. The van der Waals surface area contributed by atoms with Crippen molar-refractivity contribution in [1.82, 2.24) is 0 Å². The fraction of sp³-hybridized carbons (Fsp3) is 0.857. The van der Waals surface area contributed by atoms with E-state index in [4.69, 9.17) is 0 Å². The number of halogens is 2. The molecule has 2 aliphatic carbocycles. The minimum atomic E-state index is -2.38. The number of hydrogen-bond donors (Lipinski definition) is 0. The van der Waals surface area contributed by atoms with E-state index in [0.717, 1.165) is 18.8 Å². The molecule has 2 rings (SSSR count). The molecule has 0 N–H and O–H groups in total. The van der Waals surface area contributed by atoms with E-state index in [1.54, 1.807) is 0 Å². The zero-order valence-corrected chi connectivity index (χ0v) is 10.5. The lowest BCUT2D eigenvalue weighted by molar-refractivity contribution is 0.107. The lowest BCUT2D eigenvalue weighted by Gasteiger charge is -2.20. The molecule has 0 radical (unpaired) electrons. The molecule has 0 aromatic rings. The summed E-state index contributed by atoms with van der Waals surface area (Å²) in [6, 6.07) is 0. The summed E-state index contributed by atoms with van der Waals surface area (Å²) in [4.78, 5) is 0. The van der Waals surface area contributed by atoms with Crippen molar-refractivity contribution in [3.63, 3.8) is 0 Å². The maximum atomic E-state index is 12.8. The molecule has 3 unspecified atom stereocenters. The highest BCUT2D eigenvalue weighted by molar-refractivity contribution is 5.19. The maximum Gasteiger partial charge on any atom is 0.255 e. The molecule has 0 bridgehead atoms. The van der Waals surface area contributed by atoms with Gasteiger partial charge in [-0.1, -0.05) is 38.8 Å². The fourth-order valence-electron chi connectivity index (χ4n) is 3.10. The van der Waals surface area contributed by atoms with Crippen LogP contribution in [0.2, 0.25) is 0 Å². The first-order valence-corrected chi connectivity index (χ1v) is 6.51. The van der Waals surface area contributed by atoms with Crippen LogP contribution in [0.5, 0.6) is 0 Å². The third-order valence-corrected chi connectivity index (χ3v) is 4.32. The first kappa shape index (κ1) is 12.1. The highest BCUT2D eigenvalue weighted by atomic mass is 19.3. The van der Waals surface area contributed by atoms with Crippen molar-refractivity contribution in [2.45, 2.75) is 52.4 Å². The van der Waals surface area contributed by atoms with Crippen LogP contribution in [0.1, 0.15) is 46.5 Å². The van der Waals surface area contributed by atoms with E-state index in [1.165, 1.54) is 12.0 Å². The lowest BCUT2D eigenvalue weighted by atomic mass is 9.85. The Morgan fingerprint density at radius 3 is 2.38 bits per heavy atom. The largest absolute Gasteiger partial charge is 0.255 e. The van der Waals surface area contributed by atoms with Crippen LogP contribution in [-0.4, -0.2) is 5.92 Å². The third-order valence-electron chi connectivity index (χ3n) is 4.32. The van der Waals surface area contributed by atoms with Crippen molar-refractivity contribution in [2.75, 3.05) is 0 Å². The van der Waals surface area contributed by atoms with Crippen LogP contribution in [0.4, 0.5) is 8.78 Å². The zero-order chi connectivity index (χ0) is 11.9. The molecule has 0 heterocycles. The van der Waals surface area contributed by atoms with E-state index < -0.39 is 11.8 Å². The fourth-order valence-corrected chi connectivity index (χ4v) is 3.10. The molecule has 2 saturated carbocycles. The Morgan fingerprint density at radius 1 is 1.38 bits per heavy atom. The van der Waals surface area contributed by atoms with Gasteiger partial charge in [0.1, 0.15) is 0 Å². The molecule has 0 amide bonds. The Morgan fingerprint density at radius 2 is 2.00 bits per heavy atom. The molecule has 0 nitrogen and oxygen atoms in total. The summed E-state index contributed by atoms with van der Waals surface area (Å²) in [5, 5.41) is 0. The summed E-state index contributed by atoms with van der Waals surface area (Å²) in [5.41, 5.74) is 1.30. The van der Waals surface area contributed by atoms with Gasteiger partial charge in [0.05, 0.1) is 0 Å². The Bertz CT molecular complexity index is 291. The zero-order valence-electron chi connectivity index (χ0n) is 10.5. The van der Waals surface area contributed by atoms with Crippen LogP contribution >= 0.6 is 0 Å². The molecule has 2 aliphatic rings. The van der Waals surface area contributed by atoms with Gasteiger partial charge in [-0.2, -0.15) is 0 Å². The minimum absolute atomic E-state index is 0.0830. The van der Waals surface area contributed by atoms with Crippen molar-refractivity contribution in [3.05, 3.63) is 11.6 Å². The SMILES string of the molecule is CCC1C/C(=C\C2CC2(F)F)CC1C(C)C. The van der Waals surface area contributed by atoms with Crippen LogP contribution in [-0.2, 0) is 0 Å². The predicted octanol–water partition coefficient (Wildman–Crippen LogP) is 4.66. The second-order valence-electron chi connectivity index (χ2n) is 5.88. The second kappa shape index (κ2) is 4.12. The van der Waals surface area contributed by atoms with Gasteiger partial charge >= 0.3 is 0 Å². The third kappa shape index (κ3) is 2.31. The Kier molecular flexibility index (Phi) is 3.11. The normalized spacial score (nSPS) is 39.6. The second-order valence-corrected chi connectivity index (χ2v) is 5.88. The van der Waals surface area contributed by atoms with E-state index in [2.05, 4.69) is 20.8 Å². The van der Waals surface area contributed by atoms with Gasteiger partial charge in [-0.3, -0.25) is 0 Å². The van der Waals surface area contributed by atoms with Crippen LogP contribution in [0.15, 0.2) is 11.6 Å². The summed E-state index contributed by atoms with van der Waals surface area (Å²) in [6.45, 7) is 6.72. The molecule has 2 fully saturated rings. The van der Waals surface area contributed by atoms with Crippen molar-refractivity contribution in [3.8, 4) is 0 Å². The van der Waals surface area contributed by atoms with Crippen molar-refractivity contribution in [1.29, 1.82) is 0 Å². The summed E-state index contributed by atoms with van der Waals surface area (Å²) >= 11 is 0. The molecule has 0 aromatic heterocycles. The van der Waals surface area contributed by atoms with E-state index in [0.29, 0.717) is 11.8 Å². The van der Waals surface area contributed by atoms with E-state index >= 15 is 0 Å². The summed E-state index contributed by atoms with van der Waals surface area (Å²) < 4.78 is 25.7. The van der Waals surface area contributed by atoms with Gasteiger partial charge in [0.15, 0.2) is 0 Å². The molecule has 2 heteroatoms. The van der Waals surface area contributed by atoms with Gasteiger partial charge in [-0.15, -0.1) is 0 Å².